The minimum absolute atomic E-state index is 0.0328. The maximum absolute atomic E-state index is 15.2. The number of carbonyl (C=O) groups excluding carboxylic acids is 8. The summed E-state index contributed by atoms with van der Waals surface area (Å²) in [6.07, 6.45) is 0.902. The highest BCUT2D eigenvalue weighted by atomic mass is 32.2. The van der Waals surface area contributed by atoms with Gasteiger partial charge in [-0.25, -0.2) is 17.2 Å². The molecule has 0 saturated heterocycles. The van der Waals surface area contributed by atoms with E-state index < -0.39 is 161 Å². The molecule has 1 aliphatic rings. The Morgan fingerprint density at radius 2 is 1.53 bits per heavy atom. The van der Waals surface area contributed by atoms with Gasteiger partial charge in [0.1, 0.15) is 36.9 Å². The third-order valence-corrected chi connectivity index (χ3v) is 13.1. The third-order valence-electron chi connectivity index (χ3n) is 11.5. The van der Waals surface area contributed by atoms with Crippen molar-refractivity contribution in [2.24, 2.45) is 22.6 Å². The van der Waals surface area contributed by atoms with Crippen molar-refractivity contribution in [2.75, 3.05) is 44.3 Å². The number of nitrogens with one attached hydrogen (secondary N) is 2. The van der Waals surface area contributed by atoms with Crippen LogP contribution in [0, 0.1) is 17.0 Å². The third kappa shape index (κ3) is 16.1. The number of sulfone groups is 1. The molecule has 0 unspecified atom stereocenters. The summed E-state index contributed by atoms with van der Waals surface area (Å²) in [5.41, 5.74) is 17.9. The van der Waals surface area contributed by atoms with Crippen molar-refractivity contribution < 1.29 is 70.6 Å². The van der Waals surface area contributed by atoms with Crippen LogP contribution in [0.1, 0.15) is 63.8 Å². The van der Waals surface area contributed by atoms with Gasteiger partial charge in [-0.05, 0) is 48.1 Å². The van der Waals surface area contributed by atoms with Crippen LogP contribution in [-0.2, 0) is 59.5 Å². The number of hydrogen-bond donors (Lipinski definition) is 7. The Balaban J connectivity index is 1.50. The van der Waals surface area contributed by atoms with Crippen LogP contribution < -0.4 is 27.8 Å². The number of carboxylic acids is 1. The number of carbonyl (C=O) groups is 9. The summed E-state index contributed by atoms with van der Waals surface area (Å²) in [6.45, 7) is 2.26. The molecule has 0 aliphatic carbocycles. The topological polar surface area (TPSA) is 345 Å². The van der Waals surface area contributed by atoms with Crippen molar-refractivity contribution in [3.8, 4) is 11.1 Å². The van der Waals surface area contributed by atoms with E-state index in [9.17, 15) is 66.2 Å². The second kappa shape index (κ2) is 25.1. The number of aliphatic carboxylic acids is 1. The van der Waals surface area contributed by atoms with Crippen LogP contribution >= 0.6 is 0 Å². The number of hydrogen-bond acceptors (Lipinski definition) is 13. The van der Waals surface area contributed by atoms with Gasteiger partial charge in [-0.1, -0.05) is 51.1 Å². The van der Waals surface area contributed by atoms with Crippen molar-refractivity contribution in [1.29, 1.82) is 0 Å². The van der Waals surface area contributed by atoms with Crippen molar-refractivity contribution in [2.45, 2.75) is 77.2 Å². The van der Waals surface area contributed by atoms with Crippen molar-refractivity contribution >= 4 is 63.1 Å². The summed E-state index contributed by atoms with van der Waals surface area (Å²) in [5.74, 6) is -12.6. The van der Waals surface area contributed by atoms with Gasteiger partial charge in [0.25, 0.3) is 11.8 Å². The maximum atomic E-state index is 15.2. The Labute approximate surface area is 413 Å². The molecular formula is C47H59F2N9O13S. The first-order chi connectivity index (χ1) is 33.7. The Morgan fingerprint density at radius 1 is 0.875 bits per heavy atom. The molecule has 25 heteroatoms. The van der Waals surface area contributed by atoms with Gasteiger partial charge < -0.3 is 52.4 Å². The number of nitrogens with zero attached hydrogens (tertiary/aromatic N) is 4. The van der Waals surface area contributed by atoms with Crippen LogP contribution in [0.3, 0.4) is 0 Å². The first-order valence-electron chi connectivity index (χ1n) is 22.5. The number of halogens is 2. The predicted molar refractivity (Wildman–Crippen MR) is 254 cm³/mol. The van der Waals surface area contributed by atoms with Gasteiger partial charge in [-0.15, -0.1) is 0 Å². The molecule has 1 aliphatic heterocycles. The number of carboxylic acid groups (broad SMARTS) is 1. The molecule has 2 aromatic carbocycles. The van der Waals surface area contributed by atoms with E-state index in [1.165, 1.54) is 4.90 Å². The molecule has 72 heavy (non-hydrogen) atoms. The fourth-order valence-electron chi connectivity index (χ4n) is 8.01. The highest BCUT2D eigenvalue weighted by Gasteiger charge is 2.39. The molecule has 0 radical (unpaired) electrons. The van der Waals surface area contributed by atoms with Crippen molar-refractivity contribution in [3.63, 3.8) is 0 Å². The van der Waals surface area contributed by atoms with Crippen LogP contribution in [0.25, 0.3) is 11.1 Å². The fourth-order valence-corrected chi connectivity index (χ4v) is 9.11. The van der Waals surface area contributed by atoms with E-state index in [1.807, 2.05) is 51.1 Å². The first kappa shape index (κ1) is 57.2. The minimum atomic E-state index is -4.28. The summed E-state index contributed by atoms with van der Waals surface area (Å²) in [7, 11) is -4.28. The summed E-state index contributed by atoms with van der Waals surface area (Å²) >= 11 is 0. The summed E-state index contributed by atoms with van der Waals surface area (Å²) in [4.78, 5) is 116. The van der Waals surface area contributed by atoms with Gasteiger partial charge in [0, 0.05) is 67.8 Å². The number of rotatable bonds is 27. The Hall–Kier alpha value is -7.38. The molecule has 390 valence electrons. The molecule has 0 bridgehead atoms. The smallest absolute Gasteiger partial charge is 0.303 e. The molecule has 8 amide bonds. The zero-order valence-electron chi connectivity index (χ0n) is 39.8. The minimum Gasteiger partial charge on any atom is -0.481 e. The zero-order valence-corrected chi connectivity index (χ0v) is 40.6. The SMILES string of the molecule is CC(C)(C)[C@H](c1cc(-c2cc(F)ccc2F)cn1Cc1ccccc1)N(CC[C@H](N)C(=O)NCCS(=O)(=O)CCN(C(=O)[C@H](CC(N)=O)NC(=O)CN1C(=O)C=CC1=O)[C@H](CCC(=O)O)C(N)=O)C(=O)CO. The molecule has 4 atom stereocenters. The quantitative estimate of drug-likeness (QED) is 0.0473. The lowest BCUT2D eigenvalue weighted by Crippen LogP contribution is -2.58. The number of primary amides is 2. The van der Waals surface area contributed by atoms with E-state index >= 15 is 4.39 Å². The van der Waals surface area contributed by atoms with Gasteiger partial charge >= 0.3 is 5.97 Å². The average Bonchev–Trinajstić information content (AvgIpc) is 3.85. The van der Waals surface area contributed by atoms with E-state index in [0.717, 1.165) is 35.9 Å². The molecule has 0 fully saturated rings. The second-order valence-corrected chi connectivity index (χ2v) is 20.3. The molecule has 10 N–H and O–H groups in total. The number of amides is 8. The van der Waals surface area contributed by atoms with E-state index in [1.54, 1.807) is 16.8 Å². The molecule has 0 spiro atoms. The fraction of sp³-hybridized carbons (Fsp3) is 0.426. The highest BCUT2D eigenvalue weighted by molar-refractivity contribution is 7.91. The molecule has 1 aromatic heterocycles. The van der Waals surface area contributed by atoms with Crippen LogP contribution in [0.2, 0.25) is 0 Å². The molecule has 0 saturated carbocycles. The lowest BCUT2D eigenvalue weighted by Gasteiger charge is -2.41. The number of nitrogens with two attached hydrogens (primary N) is 3. The largest absolute Gasteiger partial charge is 0.481 e. The second-order valence-electron chi connectivity index (χ2n) is 18.0. The lowest BCUT2D eigenvalue weighted by molar-refractivity contribution is -0.146. The van der Waals surface area contributed by atoms with Crippen LogP contribution in [-0.4, -0.2) is 154 Å². The maximum Gasteiger partial charge on any atom is 0.303 e. The summed E-state index contributed by atoms with van der Waals surface area (Å²) < 4.78 is 58.1. The molecular weight excluding hydrogens is 969 g/mol. The summed E-state index contributed by atoms with van der Waals surface area (Å²) in [6, 6.07) is 7.94. The van der Waals surface area contributed by atoms with Crippen molar-refractivity contribution in [3.05, 3.63) is 95.8 Å². The summed E-state index contributed by atoms with van der Waals surface area (Å²) in [5, 5.41) is 24.0. The van der Waals surface area contributed by atoms with E-state index in [4.69, 9.17) is 17.2 Å². The van der Waals surface area contributed by atoms with Crippen LogP contribution in [0.5, 0.6) is 0 Å². The van der Waals surface area contributed by atoms with Crippen LogP contribution in [0.4, 0.5) is 8.78 Å². The lowest BCUT2D eigenvalue weighted by atomic mass is 9.82. The Morgan fingerprint density at radius 3 is 2.11 bits per heavy atom. The van der Waals surface area contributed by atoms with Gasteiger partial charge in [-0.2, -0.15) is 0 Å². The van der Waals surface area contributed by atoms with Gasteiger partial charge in [0.05, 0.1) is 30.0 Å². The molecule has 22 nitrogen and oxygen atoms in total. The monoisotopic (exact) mass is 1030 g/mol. The van der Waals surface area contributed by atoms with E-state index in [0.29, 0.717) is 21.1 Å². The van der Waals surface area contributed by atoms with E-state index in [-0.39, 0.29) is 25.1 Å². The van der Waals surface area contributed by atoms with Gasteiger partial charge in [0.2, 0.25) is 35.4 Å². The highest BCUT2D eigenvalue weighted by Crippen LogP contribution is 2.41. The number of imide groups is 1. The average molecular weight is 1030 g/mol. The first-order valence-corrected chi connectivity index (χ1v) is 24.3. The predicted octanol–water partition coefficient (Wildman–Crippen LogP) is -0.529. The Bertz CT molecular complexity index is 2660. The Kier molecular flexibility index (Phi) is 20.0. The number of aliphatic hydroxyl groups excluding tert-OH is 1. The normalized spacial score (nSPS) is 14.3. The standard InChI is InChI=1S/C47H59F2N9O13S/c1-47(2,3)43(36-21-29(31-22-30(48)9-10-32(31)49)25-55(36)24-28-7-5-4-6-8-28)57(41(64)27-59)17-15-33(50)45(68)53-16-19-72(70,71)20-18-56(35(44(52)67)11-14-42(65)66)46(69)34(23-37(51)60)54-38(61)26-58-39(62)12-13-40(58)63/h4-10,12-13,21-22,25,33-35,43,59H,11,14-20,23-24,26-27,50H2,1-3H3,(H2,51,60)(H2,52,67)(H,53,68)(H,54,61)(H,65,66)/t33-,34-,35+,43-/m0/s1. The van der Waals surface area contributed by atoms with E-state index in [2.05, 4.69) is 10.6 Å². The van der Waals surface area contributed by atoms with Crippen molar-refractivity contribution in [1.82, 2.24) is 29.9 Å². The molecule has 4 rings (SSSR count). The van der Waals surface area contributed by atoms with Gasteiger partial charge in [-0.3, -0.25) is 48.1 Å². The van der Waals surface area contributed by atoms with Gasteiger partial charge in [0.15, 0.2) is 9.84 Å². The number of benzene rings is 2. The molecule has 2 heterocycles. The number of aliphatic hydroxyl groups is 1. The zero-order chi connectivity index (χ0) is 53.7. The number of aromatic nitrogens is 1. The molecule has 3 aromatic rings. The van der Waals surface area contributed by atoms with Crippen LogP contribution in [0.15, 0.2) is 72.9 Å².